The Bertz CT molecular complexity index is 526. The summed E-state index contributed by atoms with van der Waals surface area (Å²) in [4.78, 5) is 24.4. The summed E-state index contributed by atoms with van der Waals surface area (Å²) in [5.41, 5.74) is 0.113. The van der Waals surface area contributed by atoms with Crippen molar-refractivity contribution in [2.75, 3.05) is 11.9 Å². The standard InChI is InChI=1S/C14H18N2O4/c1-4-7-16(9(2)3)14(20)15-10-5-6-11(13(18)19)12(17)8-10/h4-6,8-9,17H,1,7H2,2-3H3,(H,15,20)(H,18,19). The van der Waals surface area contributed by atoms with E-state index in [4.69, 9.17) is 5.11 Å². The van der Waals surface area contributed by atoms with E-state index in [2.05, 4.69) is 11.9 Å². The molecule has 0 atom stereocenters. The van der Waals surface area contributed by atoms with Crippen LogP contribution in [-0.2, 0) is 0 Å². The van der Waals surface area contributed by atoms with Crippen LogP contribution in [0.3, 0.4) is 0 Å². The number of urea groups is 1. The van der Waals surface area contributed by atoms with Gasteiger partial charge in [-0.1, -0.05) is 6.08 Å². The molecule has 2 amide bonds. The summed E-state index contributed by atoms with van der Waals surface area (Å²) in [5, 5.41) is 21.0. The number of benzene rings is 1. The largest absolute Gasteiger partial charge is 0.507 e. The first-order valence-electron chi connectivity index (χ1n) is 6.11. The molecule has 0 aliphatic carbocycles. The molecule has 0 aliphatic rings. The van der Waals surface area contributed by atoms with Gasteiger partial charge >= 0.3 is 12.0 Å². The van der Waals surface area contributed by atoms with Crippen molar-refractivity contribution in [2.45, 2.75) is 19.9 Å². The molecular formula is C14H18N2O4. The van der Waals surface area contributed by atoms with Gasteiger partial charge in [-0.25, -0.2) is 9.59 Å². The first kappa shape index (κ1) is 15.6. The van der Waals surface area contributed by atoms with Gasteiger partial charge in [-0.3, -0.25) is 0 Å². The average molecular weight is 278 g/mol. The van der Waals surface area contributed by atoms with Crippen LogP contribution in [0, 0.1) is 0 Å². The number of phenols is 1. The Morgan fingerprint density at radius 2 is 2.10 bits per heavy atom. The van der Waals surface area contributed by atoms with E-state index in [-0.39, 0.29) is 17.6 Å². The molecule has 1 rings (SSSR count). The van der Waals surface area contributed by atoms with E-state index in [0.29, 0.717) is 12.2 Å². The number of aromatic hydroxyl groups is 1. The maximum atomic E-state index is 12.0. The van der Waals surface area contributed by atoms with Gasteiger partial charge in [0.25, 0.3) is 0 Å². The van der Waals surface area contributed by atoms with Gasteiger partial charge in [0.1, 0.15) is 11.3 Å². The van der Waals surface area contributed by atoms with Crippen molar-refractivity contribution in [3.63, 3.8) is 0 Å². The van der Waals surface area contributed by atoms with E-state index in [1.54, 1.807) is 11.0 Å². The number of nitrogens with one attached hydrogen (secondary N) is 1. The van der Waals surface area contributed by atoms with Gasteiger partial charge in [0.05, 0.1) is 0 Å². The first-order chi connectivity index (χ1) is 9.36. The van der Waals surface area contributed by atoms with E-state index in [1.807, 2.05) is 13.8 Å². The predicted molar refractivity (Wildman–Crippen MR) is 76.1 cm³/mol. The fourth-order valence-electron chi connectivity index (χ4n) is 1.65. The zero-order valence-electron chi connectivity index (χ0n) is 11.5. The topological polar surface area (TPSA) is 89.9 Å². The van der Waals surface area contributed by atoms with Gasteiger partial charge in [0.15, 0.2) is 0 Å². The van der Waals surface area contributed by atoms with Crippen molar-refractivity contribution < 1.29 is 19.8 Å². The van der Waals surface area contributed by atoms with Gasteiger partial charge in [-0.15, -0.1) is 6.58 Å². The number of hydrogen-bond acceptors (Lipinski definition) is 3. The summed E-state index contributed by atoms with van der Waals surface area (Å²) in [6.45, 7) is 7.72. The molecule has 0 saturated heterocycles. The van der Waals surface area contributed by atoms with Crippen molar-refractivity contribution in [1.82, 2.24) is 4.90 Å². The molecule has 1 aromatic carbocycles. The number of rotatable bonds is 5. The summed E-state index contributed by atoms with van der Waals surface area (Å²) in [6, 6.07) is 3.50. The third-order valence-corrected chi connectivity index (χ3v) is 2.69. The number of carboxylic acids is 1. The molecule has 6 heteroatoms. The average Bonchev–Trinajstić information content (AvgIpc) is 2.34. The Hall–Kier alpha value is -2.50. The number of carboxylic acid groups (broad SMARTS) is 1. The molecular weight excluding hydrogens is 260 g/mol. The van der Waals surface area contributed by atoms with Crippen LogP contribution in [0.25, 0.3) is 0 Å². The molecule has 0 bridgehead atoms. The molecule has 0 spiro atoms. The van der Waals surface area contributed by atoms with Gasteiger partial charge in [-0.05, 0) is 26.0 Å². The monoisotopic (exact) mass is 278 g/mol. The lowest BCUT2D eigenvalue weighted by molar-refractivity contribution is 0.0694. The SMILES string of the molecule is C=CCN(C(=O)Nc1ccc(C(=O)O)c(O)c1)C(C)C. The summed E-state index contributed by atoms with van der Waals surface area (Å²) < 4.78 is 0. The highest BCUT2D eigenvalue weighted by Crippen LogP contribution is 2.22. The van der Waals surface area contributed by atoms with Crippen molar-refractivity contribution in [3.8, 4) is 5.75 Å². The maximum Gasteiger partial charge on any atom is 0.339 e. The number of anilines is 1. The minimum atomic E-state index is -1.23. The van der Waals surface area contributed by atoms with E-state index in [0.717, 1.165) is 0 Å². The van der Waals surface area contributed by atoms with Gasteiger partial charge < -0.3 is 20.4 Å². The molecule has 20 heavy (non-hydrogen) atoms. The number of carbonyl (C=O) groups is 2. The highest BCUT2D eigenvalue weighted by molar-refractivity contribution is 5.94. The number of amides is 2. The molecule has 0 radical (unpaired) electrons. The number of hydrogen-bond donors (Lipinski definition) is 3. The van der Waals surface area contributed by atoms with Crippen molar-refractivity contribution >= 4 is 17.7 Å². The minimum Gasteiger partial charge on any atom is -0.507 e. The Kier molecular flexibility index (Phi) is 5.14. The Balaban J connectivity index is 2.87. The molecule has 0 saturated carbocycles. The summed E-state index contributed by atoms with van der Waals surface area (Å²) in [7, 11) is 0. The predicted octanol–water partition coefficient (Wildman–Crippen LogP) is 2.52. The van der Waals surface area contributed by atoms with Crippen LogP contribution < -0.4 is 5.32 Å². The third-order valence-electron chi connectivity index (χ3n) is 2.69. The molecule has 108 valence electrons. The first-order valence-corrected chi connectivity index (χ1v) is 6.11. The lowest BCUT2D eigenvalue weighted by Gasteiger charge is -2.25. The van der Waals surface area contributed by atoms with Crippen molar-refractivity contribution in [3.05, 3.63) is 36.4 Å². The summed E-state index contributed by atoms with van der Waals surface area (Å²) in [6.07, 6.45) is 1.62. The van der Waals surface area contributed by atoms with Crippen LogP contribution in [0.15, 0.2) is 30.9 Å². The van der Waals surface area contributed by atoms with Crippen molar-refractivity contribution in [2.24, 2.45) is 0 Å². The van der Waals surface area contributed by atoms with Crippen LogP contribution in [0.4, 0.5) is 10.5 Å². The smallest absolute Gasteiger partial charge is 0.339 e. The molecule has 3 N–H and O–H groups in total. The second-order valence-corrected chi connectivity index (χ2v) is 4.50. The van der Waals surface area contributed by atoms with Crippen LogP contribution in [0.5, 0.6) is 5.75 Å². The molecule has 0 fully saturated rings. The Labute approximate surface area is 117 Å². The van der Waals surface area contributed by atoms with Gasteiger partial charge in [0, 0.05) is 24.3 Å². The summed E-state index contributed by atoms with van der Waals surface area (Å²) in [5.74, 6) is -1.62. The minimum absolute atomic E-state index is 0.0140. The fraction of sp³-hybridized carbons (Fsp3) is 0.286. The molecule has 0 aromatic heterocycles. The second-order valence-electron chi connectivity index (χ2n) is 4.50. The van der Waals surface area contributed by atoms with Crippen LogP contribution in [-0.4, -0.2) is 39.7 Å². The summed E-state index contributed by atoms with van der Waals surface area (Å²) >= 11 is 0. The lowest BCUT2D eigenvalue weighted by atomic mass is 10.2. The van der Waals surface area contributed by atoms with E-state index < -0.39 is 11.7 Å². The molecule has 1 aromatic rings. The zero-order valence-corrected chi connectivity index (χ0v) is 11.5. The quantitative estimate of drug-likeness (QED) is 0.722. The van der Waals surface area contributed by atoms with E-state index in [9.17, 15) is 14.7 Å². The lowest BCUT2D eigenvalue weighted by Crippen LogP contribution is -2.40. The molecule has 6 nitrogen and oxygen atoms in total. The third kappa shape index (κ3) is 3.74. The molecule has 0 heterocycles. The zero-order chi connectivity index (χ0) is 15.3. The second kappa shape index (κ2) is 6.60. The number of aromatic carboxylic acids is 1. The van der Waals surface area contributed by atoms with E-state index >= 15 is 0 Å². The van der Waals surface area contributed by atoms with Crippen LogP contribution >= 0.6 is 0 Å². The van der Waals surface area contributed by atoms with Gasteiger partial charge in [-0.2, -0.15) is 0 Å². The van der Waals surface area contributed by atoms with Crippen LogP contribution in [0.2, 0.25) is 0 Å². The van der Waals surface area contributed by atoms with E-state index in [1.165, 1.54) is 18.2 Å². The highest BCUT2D eigenvalue weighted by Gasteiger charge is 2.16. The fourth-order valence-corrected chi connectivity index (χ4v) is 1.65. The molecule has 0 aliphatic heterocycles. The highest BCUT2D eigenvalue weighted by atomic mass is 16.4. The number of carbonyl (C=O) groups excluding carboxylic acids is 1. The maximum absolute atomic E-state index is 12.0. The normalized spacial score (nSPS) is 10.2. The van der Waals surface area contributed by atoms with Crippen molar-refractivity contribution in [1.29, 1.82) is 0 Å². The molecule has 0 unspecified atom stereocenters. The van der Waals surface area contributed by atoms with Gasteiger partial charge in [0.2, 0.25) is 0 Å². The van der Waals surface area contributed by atoms with Crippen LogP contribution in [0.1, 0.15) is 24.2 Å². The Morgan fingerprint density at radius 1 is 1.45 bits per heavy atom. The Morgan fingerprint density at radius 3 is 2.55 bits per heavy atom. The number of nitrogens with zero attached hydrogens (tertiary/aromatic N) is 1.